The Morgan fingerprint density at radius 2 is 1.89 bits per heavy atom. The van der Waals surface area contributed by atoms with Crippen molar-refractivity contribution in [2.45, 2.75) is 47.5 Å². The van der Waals surface area contributed by atoms with Gasteiger partial charge >= 0.3 is 0 Å². The fraction of sp³-hybridized carbons (Fsp3) is 0.481. The number of halogens is 1. The molecule has 1 saturated heterocycles. The molecule has 0 bridgehead atoms. The lowest BCUT2D eigenvalue weighted by atomic mass is 9.92. The minimum Gasteiger partial charge on any atom is -0.354 e. The van der Waals surface area contributed by atoms with E-state index in [0.29, 0.717) is 32.1 Å². The van der Waals surface area contributed by atoms with E-state index >= 15 is 0 Å². The summed E-state index contributed by atoms with van der Waals surface area (Å²) < 4.78 is 0. The van der Waals surface area contributed by atoms with E-state index in [4.69, 9.17) is 11.6 Å². The standard InChI is InChI=1S/C27H35ClN6OS/c1-18-7-6-8-21(28)20(18)15-22(35)23-17-29-26(36-23)32-24-16-25(31-19(2)30-24)34-13-11-33(12-14-34)10-9-27(3,4)5/h6-8,16-17H,9-15H2,1-5H3,(H,29,30,31,32). The molecule has 1 aliphatic rings. The Labute approximate surface area is 222 Å². The molecule has 2 aromatic heterocycles. The molecule has 192 valence electrons. The molecule has 0 unspecified atom stereocenters. The van der Waals surface area contributed by atoms with Crippen LogP contribution in [-0.4, -0.2) is 58.4 Å². The van der Waals surface area contributed by atoms with Crippen molar-refractivity contribution in [3.8, 4) is 0 Å². The molecule has 1 fully saturated rings. The first-order chi connectivity index (χ1) is 17.1. The van der Waals surface area contributed by atoms with Gasteiger partial charge < -0.3 is 10.2 Å². The van der Waals surface area contributed by atoms with Gasteiger partial charge in [0.2, 0.25) is 0 Å². The van der Waals surface area contributed by atoms with E-state index in [-0.39, 0.29) is 12.2 Å². The first kappa shape index (κ1) is 26.5. The highest BCUT2D eigenvalue weighted by Crippen LogP contribution is 2.27. The lowest BCUT2D eigenvalue weighted by Gasteiger charge is -2.36. The number of ketones is 1. The zero-order valence-corrected chi connectivity index (χ0v) is 23.3. The molecule has 0 spiro atoms. The van der Waals surface area contributed by atoms with Crippen LogP contribution in [0, 0.1) is 19.3 Å². The van der Waals surface area contributed by atoms with E-state index in [1.54, 1.807) is 6.20 Å². The highest BCUT2D eigenvalue weighted by molar-refractivity contribution is 7.17. The van der Waals surface area contributed by atoms with Gasteiger partial charge in [-0.2, -0.15) is 0 Å². The number of hydrogen-bond donors (Lipinski definition) is 1. The van der Waals surface area contributed by atoms with Crippen molar-refractivity contribution in [3.05, 3.63) is 57.3 Å². The number of rotatable bonds is 8. The number of aryl methyl sites for hydroxylation is 2. The number of nitrogens with one attached hydrogen (secondary N) is 1. The Morgan fingerprint density at radius 3 is 2.58 bits per heavy atom. The van der Waals surface area contributed by atoms with E-state index in [1.165, 1.54) is 17.8 Å². The van der Waals surface area contributed by atoms with Gasteiger partial charge in [-0.25, -0.2) is 15.0 Å². The molecule has 3 heterocycles. The van der Waals surface area contributed by atoms with Crippen molar-refractivity contribution >= 4 is 45.5 Å². The number of carbonyl (C=O) groups excluding carboxylic acids is 1. The van der Waals surface area contributed by atoms with Crippen LogP contribution in [0.2, 0.25) is 5.02 Å². The molecule has 7 nitrogen and oxygen atoms in total. The van der Waals surface area contributed by atoms with Gasteiger partial charge in [0.05, 0.1) is 11.1 Å². The molecule has 0 aliphatic carbocycles. The molecular weight excluding hydrogens is 492 g/mol. The molecule has 36 heavy (non-hydrogen) atoms. The molecule has 1 aliphatic heterocycles. The molecule has 3 aromatic rings. The Bertz CT molecular complexity index is 1190. The number of Topliss-reactive ketones (excluding diaryl/α,β-unsaturated/α-hetero) is 1. The van der Waals surface area contributed by atoms with Crippen molar-refractivity contribution in [3.63, 3.8) is 0 Å². The summed E-state index contributed by atoms with van der Waals surface area (Å²) in [5.41, 5.74) is 2.23. The van der Waals surface area contributed by atoms with Crippen molar-refractivity contribution in [1.29, 1.82) is 0 Å². The molecule has 1 N–H and O–H groups in total. The number of benzene rings is 1. The maximum Gasteiger partial charge on any atom is 0.188 e. The first-order valence-electron chi connectivity index (χ1n) is 12.4. The summed E-state index contributed by atoms with van der Waals surface area (Å²) in [5.74, 6) is 2.30. The summed E-state index contributed by atoms with van der Waals surface area (Å²) in [7, 11) is 0. The van der Waals surface area contributed by atoms with E-state index in [0.717, 1.165) is 49.7 Å². The number of thiazole rings is 1. The Kier molecular flexibility index (Phi) is 8.27. The summed E-state index contributed by atoms with van der Waals surface area (Å²) in [6.07, 6.45) is 3.07. The van der Waals surface area contributed by atoms with E-state index in [9.17, 15) is 4.79 Å². The van der Waals surface area contributed by atoms with Gasteiger partial charge in [0.1, 0.15) is 17.5 Å². The van der Waals surface area contributed by atoms with E-state index < -0.39 is 0 Å². The van der Waals surface area contributed by atoms with Crippen LogP contribution in [-0.2, 0) is 6.42 Å². The summed E-state index contributed by atoms with van der Waals surface area (Å²) in [5, 5.41) is 4.52. The maximum atomic E-state index is 12.9. The van der Waals surface area contributed by atoms with Crippen LogP contribution in [0.3, 0.4) is 0 Å². The van der Waals surface area contributed by atoms with Crippen molar-refractivity contribution in [2.75, 3.05) is 42.9 Å². The Morgan fingerprint density at radius 1 is 1.14 bits per heavy atom. The second kappa shape index (κ2) is 11.2. The van der Waals surface area contributed by atoms with Crippen LogP contribution < -0.4 is 10.2 Å². The quantitative estimate of drug-likeness (QED) is 0.364. The topological polar surface area (TPSA) is 74.2 Å². The number of carbonyl (C=O) groups is 1. The molecule has 0 atom stereocenters. The number of hydrogen-bond acceptors (Lipinski definition) is 8. The SMILES string of the molecule is Cc1nc(Nc2ncc(C(=O)Cc3c(C)cccc3Cl)s2)cc(N2CCN(CCC(C)(C)C)CC2)n1. The van der Waals surface area contributed by atoms with Crippen LogP contribution in [0.15, 0.2) is 30.5 Å². The summed E-state index contributed by atoms with van der Waals surface area (Å²) >= 11 is 7.64. The van der Waals surface area contributed by atoms with Crippen LogP contribution in [0.25, 0.3) is 0 Å². The summed E-state index contributed by atoms with van der Waals surface area (Å²) in [6.45, 7) is 15.8. The molecule has 0 radical (unpaired) electrons. The number of piperazine rings is 1. The fourth-order valence-electron chi connectivity index (χ4n) is 4.18. The largest absolute Gasteiger partial charge is 0.354 e. The van der Waals surface area contributed by atoms with Crippen LogP contribution >= 0.6 is 22.9 Å². The minimum atomic E-state index is 0.000591. The fourth-order valence-corrected chi connectivity index (χ4v) is 5.23. The number of nitrogens with zero attached hydrogens (tertiary/aromatic N) is 5. The third-order valence-electron chi connectivity index (χ3n) is 6.40. The van der Waals surface area contributed by atoms with Gasteiger partial charge in [-0.05, 0) is 49.4 Å². The van der Waals surface area contributed by atoms with E-state index in [2.05, 4.69) is 50.8 Å². The Balaban J connectivity index is 1.38. The number of aromatic nitrogens is 3. The van der Waals surface area contributed by atoms with Gasteiger partial charge in [0.15, 0.2) is 10.9 Å². The Hall–Kier alpha value is -2.55. The van der Waals surface area contributed by atoms with Gasteiger partial charge in [-0.15, -0.1) is 0 Å². The number of anilines is 3. The van der Waals surface area contributed by atoms with Crippen LogP contribution in [0.5, 0.6) is 0 Å². The maximum absolute atomic E-state index is 12.9. The molecule has 4 rings (SSSR count). The average molecular weight is 527 g/mol. The van der Waals surface area contributed by atoms with Gasteiger partial charge in [0.25, 0.3) is 0 Å². The highest BCUT2D eigenvalue weighted by Gasteiger charge is 2.21. The predicted octanol–water partition coefficient (Wildman–Crippen LogP) is 5.93. The third kappa shape index (κ3) is 7.02. The lowest BCUT2D eigenvalue weighted by Crippen LogP contribution is -2.47. The summed E-state index contributed by atoms with van der Waals surface area (Å²) in [6, 6.07) is 7.64. The van der Waals surface area contributed by atoms with Gasteiger partial charge in [-0.3, -0.25) is 9.69 Å². The smallest absolute Gasteiger partial charge is 0.188 e. The van der Waals surface area contributed by atoms with Crippen molar-refractivity contribution < 1.29 is 4.79 Å². The zero-order chi connectivity index (χ0) is 25.9. The van der Waals surface area contributed by atoms with Crippen LogP contribution in [0.4, 0.5) is 16.8 Å². The second-order valence-electron chi connectivity index (χ2n) is 10.6. The van der Waals surface area contributed by atoms with Gasteiger partial charge in [-0.1, -0.05) is 55.8 Å². The second-order valence-corrected chi connectivity index (χ2v) is 12.0. The molecule has 9 heteroatoms. The monoisotopic (exact) mass is 526 g/mol. The summed E-state index contributed by atoms with van der Waals surface area (Å²) in [4.78, 5) is 32.0. The molecule has 0 amide bonds. The molecule has 0 saturated carbocycles. The average Bonchev–Trinajstić information content (AvgIpc) is 3.28. The van der Waals surface area contributed by atoms with Crippen molar-refractivity contribution in [2.24, 2.45) is 5.41 Å². The minimum absolute atomic E-state index is 0.000591. The van der Waals surface area contributed by atoms with Crippen molar-refractivity contribution in [1.82, 2.24) is 19.9 Å². The van der Waals surface area contributed by atoms with Gasteiger partial charge in [0, 0.05) is 43.7 Å². The normalized spacial score (nSPS) is 14.8. The van der Waals surface area contributed by atoms with Crippen LogP contribution in [0.1, 0.15) is 53.8 Å². The molecule has 1 aromatic carbocycles. The third-order valence-corrected chi connectivity index (χ3v) is 7.71. The first-order valence-corrected chi connectivity index (χ1v) is 13.6. The predicted molar refractivity (Wildman–Crippen MR) is 149 cm³/mol. The lowest BCUT2D eigenvalue weighted by molar-refractivity contribution is 0.0996. The highest BCUT2D eigenvalue weighted by atomic mass is 35.5. The molecular formula is C27H35ClN6OS. The van der Waals surface area contributed by atoms with E-state index in [1.807, 2.05) is 38.1 Å². The zero-order valence-electron chi connectivity index (χ0n) is 21.8.